The summed E-state index contributed by atoms with van der Waals surface area (Å²) in [7, 11) is 0. The summed E-state index contributed by atoms with van der Waals surface area (Å²) in [5, 5.41) is 12.5. The van der Waals surface area contributed by atoms with Gasteiger partial charge in [-0.2, -0.15) is 0 Å². The van der Waals surface area contributed by atoms with Gasteiger partial charge >= 0.3 is 23.9 Å². The van der Waals surface area contributed by atoms with Crippen LogP contribution in [0.2, 0.25) is 0 Å². The molecule has 1 aromatic heterocycles. The van der Waals surface area contributed by atoms with Crippen molar-refractivity contribution in [2.75, 3.05) is 13.2 Å². The van der Waals surface area contributed by atoms with E-state index in [0.717, 1.165) is 36.9 Å². The maximum absolute atomic E-state index is 12.0. The summed E-state index contributed by atoms with van der Waals surface area (Å²) in [6.07, 6.45) is -6.01. The Kier molecular flexibility index (Phi) is 9.71. The molecular weight excluding hydrogens is 504 g/mol. The fourth-order valence-electron chi connectivity index (χ4n) is 3.88. The highest BCUT2D eigenvalue weighted by Crippen LogP contribution is 2.34. The lowest BCUT2D eigenvalue weighted by molar-refractivity contribution is -0.272. The van der Waals surface area contributed by atoms with Gasteiger partial charge in [0.15, 0.2) is 24.1 Å². The summed E-state index contributed by atoms with van der Waals surface area (Å²) in [5.41, 5.74) is 0.884. The Morgan fingerprint density at radius 3 is 2.05 bits per heavy atom. The van der Waals surface area contributed by atoms with Crippen LogP contribution >= 0.6 is 0 Å². The molecule has 0 N–H and O–H groups in total. The predicted octanol–water partition coefficient (Wildman–Crippen LogP) is 0.918. The highest BCUT2D eigenvalue weighted by atomic mass is 16.7. The molecule has 3 rings (SSSR count). The first-order chi connectivity index (χ1) is 18.1. The Hall–Kier alpha value is -4.07. The van der Waals surface area contributed by atoms with E-state index in [4.69, 9.17) is 28.4 Å². The number of aromatic nitrogens is 4. The molecule has 38 heavy (non-hydrogen) atoms. The molecule has 1 aliphatic heterocycles. The molecule has 5 atom stereocenters. The van der Waals surface area contributed by atoms with E-state index in [2.05, 4.69) is 15.4 Å². The summed E-state index contributed by atoms with van der Waals surface area (Å²) in [6, 6.07) is 7.37. The Morgan fingerprint density at radius 2 is 1.47 bits per heavy atom. The molecule has 0 bridgehead atoms. The summed E-state index contributed by atoms with van der Waals surface area (Å²) in [6.45, 7) is 6.71. The second kappa shape index (κ2) is 12.9. The van der Waals surface area contributed by atoms with E-state index in [1.807, 2.05) is 31.2 Å². The van der Waals surface area contributed by atoms with Crippen molar-refractivity contribution >= 4 is 23.9 Å². The number of ether oxygens (including phenoxy) is 6. The van der Waals surface area contributed by atoms with Crippen molar-refractivity contribution in [3.05, 3.63) is 35.7 Å². The number of hydrogen-bond acceptors (Lipinski definition) is 13. The van der Waals surface area contributed by atoms with Gasteiger partial charge in [0.2, 0.25) is 6.23 Å². The lowest BCUT2D eigenvalue weighted by Gasteiger charge is -2.43. The lowest BCUT2D eigenvalue weighted by Crippen LogP contribution is -2.60. The van der Waals surface area contributed by atoms with Crippen LogP contribution in [-0.4, -0.2) is 81.7 Å². The molecule has 0 amide bonds. The maximum Gasteiger partial charge on any atom is 0.303 e. The van der Waals surface area contributed by atoms with Gasteiger partial charge in [0.1, 0.15) is 18.5 Å². The van der Waals surface area contributed by atoms with Gasteiger partial charge in [-0.3, -0.25) is 19.2 Å². The molecule has 0 spiro atoms. The quantitative estimate of drug-likeness (QED) is 0.312. The molecule has 1 aromatic carbocycles. The molecule has 1 saturated heterocycles. The molecule has 1 aliphatic rings. The van der Waals surface area contributed by atoms with E-state index < -0.39 is 54.5 Å². The molecule has 0 aliphatic carbocycles. The number of hydrogen-bond donors (Lipinski definition) is 0. The first-order valence-electron chi connectivity index (χ1n) is 11.9. The van der Waals surface area contributed by atoms with E-state index in [0.29, 0.717) is 18.9 Å². The van der Waals surface area contributed by atoms with Crippen LogP contribution in [0, 0.1) is 0 Å². The van der Waals surface area contributed by atoms with Crippen molar-refractivity contribution < 1.29 is 47.6 Å². The van der Waals surface area contributed by atoms with Crippen molar-refractivity contribution in [2.45, 2.75) is 71.7 Å². The molecule has 14 heteroatoms. The van der Waals surface area contributed by atoms with Crippen LogP contribution in [0.5, 0.6) is 5.75 Å². The Balaban J connectivity index is 1.94. The minimum absolute atomic E-state index is 0.317. The van der Waals surface area contributed by atoms with Gasteiger partial charge in [-0.1, -0.05) is 12.1 Å². The largest absolute Gasteiger partial charge is 0.494 e. The molecule has 2 aromatic rings. The minimum Gasteiger partial charge on any atom is -0.494 e. The number of carbonyl (C=O) groups is 4. The monoisotopic (exact) mass is 534 g/mol. The van der Waals surface area contributed by atoms with E-state index in [1.54, 1.807) is 0 Å². The third kappa shape index (κ3) is 7.71. The highest BCUT2D eigenvalue weighted by Gasteiger charge is 2.53. The van der Waals surface area contributed by atoms with Gasteiger partial charge < -0.3 is 28.4 Å². The zero-order valence-electron chi connectivity index (χ0n) is 21.7. The fraction of sp³-hybridized carbons (Fsp3) is 0.542. The predicted molar refractivity (Wildman–Crippen MR) is 125 cm³/mol. The van der Waals surface area contributed by atoms with Crippen LogP contribution in [-0.2, 0) is 49.3 Å². The van der Waals surface area contributed by atoms with E-state index >= 15 is 0 Å². The molecule has 0 radical (unpaired) electrons. The van der Waals surface area contributed by atoms with Gasteiger partial charge in [-0.25, -0.2) is 0 Å². The number of rotatable bonds is 10. The van der Waals surface area contributed by atoms with Crippen LogP contribution in [0.4, 0.5) is 0 Å². The van der Waals surface area contributed by atoms with E-state index in [-0.39, 0.29) is 6.61 Å². The fourth-order valence-corrected chi connectivity index (χ4v) is 3.88. The average molecular weight is 535 g/mol. The number of benzene rings is 1. The van der Waals surface area contributed by atoms with Crippen molar-refractivity contribution in [1.82, 2.24) is 20.2 Å². The van der Waals surface area contributed by atoms with Gasteiger partial charge in [0, 0.05) is 34.1 Å². The molecule has 5 unspecified atom stereocenters. The van der Waals surface area contributed by atoms with Crippen molar-refractivity contribution in [3.8, 4) is 5.75 Å². The molecular formula is C24H30N4O10. The second-order valence-corrected chi connectivity index (χ2v) is 8.37. The van der Waals surface area contributed by atoms with Crippen LogP contribution in [0.3, 0.4) is 0 Å². The number of esters is 4. The maximum atomic E-state index is 12.0. The van der Waals surface area contributed by atoms with Crippen LogP contribution in [0.25, 0.3) is 0 Å². The molecule has 14 nitrogen and oxygen atoms in total. The van der Waals surface area contributed by atoms with Crippen molar-refractivity contribution in [1.29, 1.82) is 0 Å². The van der Waals surface area contributed by atoms with Gasteiger partial charge in [-0.15, -0.1) is 15.0 Å². The molecule has 2 heterocycles. The SMILES string of the molecule is CCOc1ccc(Cc2nnn(C3OC(COC(C)=O)C(OC(C)=O)C(OC(C)=O)C3OC(C)=O)n2)cc1. The smallest absolute Gasteiger partial charge is 0.303 e. The number of nitrogens with zero attached hydrogens (tertiary/aromatic N) is 4. The highest BCUT2D eigenvalue weighted by molar-refractivity contribution is 5.68. The average Bonchev–Trinajstić information content (AvgIpc) is 3.29. The summed E-state index contributed by atoms with van der Waals surface area (Å²) < 4.78 is 32.8. The minimum atomic E-state index is -1.33. The Bertz CT molecular complexity index is 1140. The molecule has 1 fully saturated rings. The van der Waals surface area contributed by atoms with Gasteiger partial charge in [-0.05, 0) is 29.8 Å². The molecule has 0 saturated carbocycles. The van der Waals surface area contributed by atoms with Crippen molar-refractivity contribution in [2.24, 2.45) is 0 Å². The number of tetrazole rings is 1. The zero-order chi connectivity index (χ0) is 27.8. The summed E-state index contributed by atoms with van der Waals surface area (Å²) in [5.74, 6) is -1.75. The van der Waals surface area contributed by atoms with E-state index in [1.165, 1.54) is 6.92 Å². The topological polar surface area (TPSA) is 167 Å². The zero-order valence-corrected chi connectivity index (χ0v) is 21.7. The van der Waals surface area contributed by atoms with Gasteiger partial charge in [0.25, 0.3) is 0 Å². The first kappa shape index (κ1) is 28.5. The third-order valence-corrected chi connectivity index (χ3v) is 5.26. The standard InChI is InChI=1S/C24H30N4O10/c1-6-33-18-9-7-17(8-10-18)11-20-25-27-28(26-20)24-23(37-16(5)32)22(36-15(4)31)21(35-14(3)30)19(38-24)12-34-13(2)29/h7-10,19,21-24H,6,11-12H2,1-5H3. The summed E-state index contributed by atoms with van der Waals surface area (Å²) in [4.78, 5) is 48.4. The normalized spacial score (nSPS) is 22.7. The van der Waals surface area contributed by atoms with Crippen LogP contribution in [0.15, 0.2) is 24.3 Å². The van der Waals surface area contributed by atoms with E-state index in [9.17, 15) is 19.2 Å². The van der Waals surface area contributed by atoms with Crippen LogP contribution in [0.1, 0.15) is 52.2 Å². The van der Waals surface area contributed by atoms with Gasteiger partial charge in [0.05, 0.1) is 6.61 Å². The first-order valence-corrected chi connectivity index (χ1v) is 11.9. The lowest BCUT2D eigenvalue weighted by atomic mass is 9.97. The second-order valence-electron chi connectivity index (χ2n) is 8.37. The third-order valence-electron chi connectivity index (χ3n) is 5.26. The molecule has 206 valence electrons. The Labute approximate surface area is 218 Å². The summed E-state index contributed by atoms with van der Waals surface area (Å²) >= 11 is 0. The Morgan fingerprint density at radius 1 is 0.868 bits per heavy atom. The van der Waals surface area contributed by atoms with Crippen LogP contribution < -0.4 is 4.74 Å². The number of carbonyl (C=O) groups excluding carboxylic acids is 4. The van der Waals surface area contributed by atoms with Crippen molar-refractivity contribution in [3.63, 3.8) is 0 Å².